The quantitative estimate of drug-likeness (QED) is 0.601. The van der Waals surface area contributed by atoms with E-state index in [1.165, 1.54) is 0 Å². The fraction of sp³-hybridized carbons (Fsp3) is 0.444. The second kappa shape index (κ2) is 10.9. The van der Waals surface area contributed by atoms with Gasteiger partial charge in [-0.25, -0.2) is 9.59 Å². The van der Waals surface area contributed by atoms with Crippen LogP contribution in [-0.4, -0.2) is 43.0 Å². The number of carbonyl (C=O) groups is 4. The third-order valence-corrected chi connectivity index (χ3v) is 3.38. The van der Waals surface area contributed by atoms with Crippen molar-refractivity contribution in [3.8, 4) is 0 Å². The molecule has 1 rings (SSSR count). The van der Waals surface area contributed by atoms with Crippen LogP contribution < -0.4 is 16.0 Å². The lowest BCUT2D eigenvalue weighted by molar-refractivity contribution is -0.151. The summed E-state index contributed by atoms with van der Waals surface area (Å²) in [6.45, 7) is 5.19. The zero-order valence-corrected chi connectivity index (χ0v) is 15.2. The molecule has 1 unspecified atom stereocenters. The van der Waals surface area contributed by atoms with Gasteiger partial charge in [-0.05, 0) is 24.5 Å². The van der Waals surface area contributed by atoms with E-state index in [1.54, 1.807) is 44.2 Å². The van der Waals surface area contributed by atoms with E-state index in [1.807, 2.05) is 6.92 Å². The maximum absolute atomic E-state index is 12.2. The zero-order valence-electron chi connectivity index (χ0n) is 15.2. The normalized spacial score (nSPS) is 11.4. The number of hydrogen-bond acceptors (Lipinski definition) is 5. The highest BCUT2D eigenvalue weighted by Crippen LogP contribution is 2.07. The summed E-state index contributed by atoms with van der Waals surface area (Å²) in [6.07, 6.45) is 0.730. The summed E-state index contributed by atoms with van der Waals surface area (Å²) in [7, 11) is 0. The highest BCUT2D eigenvalue weighted by Gasteiger charge is 2.26. The number of esters is 1. The maximum Gasteiger partial charge on any atom is 0.329 e. The van der Waals surface area contributed by atoms with Crippen molar-refractivity contribution in [1.29, 1.82) is 0 Å². The Bertz CT molecular complexity index is 631. The first-order valence-corrected chi connectivity index (χ1v) is 8.45. The summed E-state index contributed by atoms with van der Waals surface area (Å²) < 4.78 is 4.92. The molecular weight excluding hydrogens is 338 g/mol. The van der Waals surface area contributed by atoms with E-state index in [4.69, 9.17) is 4.74 Å². The molecule has 0 saturated heterocycles. The zero-order chi connectivity index (χ0) is 19.5. The number of imide groups is 1. The van der Waals surface area contributed by atoms with Gasteiger partial charge in [0.05, 0.1) is 0 Å². The smallest absolute Gasteiger partial charge is 0.329 e. The molecule has 0 aromatic heterocycles. The molecule has 1 aromatic rings. The van der Waals surface area contributed by atoms with E-state index >= 15 is 0 Å². The molecule has 1 atom stereocenters. The predicted octanol–water partition coefficient (Wildman–Crippen LogP) is 1.22. The Morgan fingerprint density at radius 1 is 1.08 bits per heavy atom. The van der Waals surface area contributed by atoms with Crippen molar-refractivity contribution in [3.05, 3.63) is 35.9 Å². The van der Waals surface area contributed by atoms with Gasteiger partial charge in [0, 0.05) is 12.1 Å². The molecule has 0 bridgehead atoms. The van der Waals surface area contributed by atoms with Crippen LogP contribution in [0.25, 0.3) is 0 Å². The van der Waals surface area contributed by atoms with Crippen LogP contribution in [0.15, 0.2) is 30.3 Å². The van der Waals surface area contributed by atoms with E-state index in [9.17, 15) is 19.2 Å². The molecule has 26 heavy (non-hydrogen) atoms. The molecule has 0 aliphatic heterocycles. The number of hydrogen-bond donors (Lipinski definition) is 3. The van der Waals surface area contributed by atoms with Crippen LogP contribution in [0.3, 0.4) is 0 Å². The monoisotopic (exact) mass is 363 g/mol. The minimum Gasteiger partial charge on any atom is -0.454 e. The average Bonchev–Trinajstić information content (AvgIpc) is 2.62. The first-order chi connectivity index (χ1) is 12.3. The van der Waals surface area contributed by atoms with Crippen molar-refractivity contribution in [2.24, 2.45) is 5.92 Å². The standard InChI is InChI=1S/C18H25N3O5/c1-4-10-19-18(25)20-14(22)11-26-17(24)15(12(2)3)21-16(23)13-8-6-5-7-9-13/h5-9,12,15H,4,10-11H2,1-3H3,(H,21,23)(H2,19,20,22,25). The molecule has 0 heterocycles. The van der Waals surface area contributed by atoms with Crippen LogP contribution >= 0.6 is 0 Å². The summed E-state index contributed by atoms with van der Waals surface area (Å²) in [5.74, 6) is -2.15. The van der Waals surface area contributed by atoms with Crippen molar-refractivity contribution >= 4 is 23.8 Å². The highest BCUT2D eigenvalue weighted by molar-refractivity contribution is 5.98. The van der Waals surface area contributed by atoms with Gasteiger partial charge in [-0.1, -0.05) is 39.0 Å². The Kier molecular flexibility index (Phi) is 8.83. The largest absolute Gasteiger partial charge is 0.454 e. The van der Waals surface area contributed by atoms with Gasteiger partial charge in [0.25, 0.3) is 11.8 Å². The van der Waals surface area contributed by atoms with Crippen LogP contribution in [0.2, 0.25) is 0 Å². The molecule has 0 radical (unpaired) electrons. The second-order valence-electron chi connectivity index (χ2n) is 5.97. The van der Waals surface area contributed by atoms with Crippen molar-refractivity contribution in [2.75, 3.05) is 13.2 Å². The Balaban J connectivity index is 2.54. The van der Waals surface area contributed by atoms with Gasteiger partial charge >= 0.3 is 12.0 Å². The van der Waals surface area contributed by atoms with Crippen LogP contribution in [-0.2, 0) is 14.3 Å². The SMILES string of the molecule is CCCNC(=O)NC(=O)COC(=O)C(NC(=O)c1ccccc1)C(C)C. The molecule has 0 fully saturated rings. The lowest BCUT2D eigenvalue weighted by Crippen LogP contribution is -2.47. The van der Waals surface area contributed by atoms with Crippen LogP contribution in [0, 0.1) is 5.92 Å². The molecule has 0 spiro atoms. The maximum atomic E-state index is 12.2. The first kappa shape index (κ1) is 21.1. The van der Waals surface area contributed by atoms with Gasteiger partial charge in [0.1, 0.15) is 6.04 Å². The predicted molar refractivity (Wildman–Crippen MR) is 95.3 cm³/mol. The van der Waals surface area contributed by atoms with Gasteiger partial charge in [-0.2, -0.15) is 0 Å². The number of rotatable bonds is 8. The van der Waals surface area contributed by atoms with E-state index in [-0.39, 0.29) is 5.92 Å². The molecule has 0 saturated carbocycles. The summed E-state index contributed by atoms with van der Waals surface area (Å²) in [6, 6.07) is 6.90. The number of urea groups is 1. The van der Waals surface area contributed by atoms with Crippen molar-refractivity contribution in [1.82, 2.24) is 16.0 Å². The Morgan fingerprint density at radius 2 is 1.73 bits per heavy atom. The average molecular weight is 363 g/mol. The number of amides is 4. The van der Waals surface area contributed by atoms with E-state index in [0.29, 0.717) is 12.1 Å². The Morgan fingerprint density at radius 3 is 2.31 bits per heavy atom. The lowest BCUT2D eigenvalue weighted by atomic mass is 10.0. The van der Waals surface area contributed by atoms with Crippen LogP contribution in [0.1, 0.15) is 37.6 Å². The number of nitrogens with one attached hydrogen (secondary N) is 3. The Labute approximate surface area is 152 Å². The molecule has 8 nitrogen and oxygen atoms in total. The molecular formula is C18H25N3O5. The lowest BCUT2D eigenvalue weighted by Gasteiger charge is -2.20. The van der Waals surface area contributed by atoms with E-state index < -0.39 is 36.5 Å². The Hall–Kier alpha value is -2.90. The molecule has 0 aliphatic rings. The van der Waals surface area contributed by atoms with E-state index in [0.717, 1.165) is 6.42 Å². The summed E-state index contributed by atoms with van der Waals surface area (Å²) in [4.78, 5) is 47.4. The highest BCUT2D eigenvalue weighted by atomic mass is 16.5. The molecule has 142 valence electrons. The summed E-state index contributed by atoms with van der Waals surface area (Å²) in [5.41, 5.74) is 0.413. The van der Waals surface area contributed by atoms with Crippen molar-refractivity contribution in [3.63, 3.8) is 0 Å². The fourth-order valence-corrected chi connectivity index (χ4v) is 1.98. The minimum atomic E-state index is -0.913. The van der Waals surface area contributed by atoms with Gasteiger partial charge in [0.15, 0.2) is 6.61 Å². The van der Waals surface area contributed by atoms with Gasteiger partial charge in [-0.3, -0.25) is 14.9 Å². The van der Waals surface area contributed by atoms with Gasteiger partial charge in [0.2, 0.25) is 0 Å². The number of ether oxygens (including phenoxy) is 1. The number of benzene rings is 1. The first-order valence-electron chi connectivity index (χ1n) is 8.45. The molecule has 3 N–H and O–H groups in total. The van der Waals surface area contributed by atoms with Crippen LogP contribution in [0.5, 0.6) is 0 Å². The fourth-order valence-electron chi connectivity index (χ4n) is 1.98. The summed E-state index contributed by atoms with van der Waals surface area (Å²) >= 11 is 0. The number of carbonyl (C=O) groups excluding carboxylic acids is 4. The molecule has 1 aromatic carbocycles. The topological polar surface area (TPSA) is 114 Å². The molecule has 4 amide bonds. The molecule has 8 heteroatoms. The third kappa shape index (κ3) is 7.33. The summed E-state index contributed by atoms with van der Waals surface area (Å²) in [5, 5.41) is 7.12. The van der Waals surface area contributed by atoms with Crippen molar-refractivity contribution in [2.45, 2.75) is 33.2 Å². The second-order valence-corrected chi connectivity index (χ2v) is 5.97. The van der Waals surface area contributed by atoms with E-state index in [2.05, 4.69) is 16.0 Å². The van der Waals surface area contributed by atoms with Crippen LogP contribution in [0.4, 0.5) is 4.79 Å². The molecule has 0 aliphatic carbocycles. The van der Waals surface area contributed by atoms with Gasteiger partial charge < -0.3 is 15.4 Å². The minimum absolute atomic E-state index is 0.244. The third-order valence-electron chi connectivity index (χ3n) is 3.38. The van der Waals surface area contributed by atoms with Crippen molar-refractivity contribution < 1.29 is 23.9 Å². The van der Waals surface area contributed by atoms with Gasteiger partial charge in [-0.15, -0.1) is 0 Å².